The van der Waals surface area contributed by atoms with Crippen LogP contribution in [0.1, 0.15) is 24.0 Å². The minimum absolute atomic E-state index is 0.277. The van der Waals surface area contributed by atoms with Crippen molar-refractivity contribution >= 4 is 23.0 Å². The first-order valence-electron chi connectivity index (χ1n) is 7.93. The molecule has 1 atom stereocenters. The zero-order chi connectivity index (χ0) is 16.1. The lowest BCUT2D eigenvalue weighted by Crippen LogP contribution is -2.34. The molecule has 0 saturated carbocycles. The predicted octanol–water partition coefficient (Wildman–Crippen LogP) is 2.71. The number of anilines is 1. The van der Waals surface area contributed by atoms with Gasteiger partial charge in [0, 0.05) is 19.3 Å². The highest BCUT2D eigenvalue weighted by Gasteiger charge is 2.15. The SMILES string of the molecule is Cc1ccc(Cn2cc(NC(=S)NCC3CCCO3)cn2)cc1. The molecule has 23 heavy (non-hydrogen) atoms. The number of thiocarbonyl (C=S) groups is 1. The van der Waals surface area contributed by atoms with E-state index in [1.54, 1.807) is 6.20 Å². The van der Waals surface area contributed by atoms with E-state index in [2.05, 4.69) is 46.9 Å². The molecule has 1 saturated heterocycles. The molecule has 1 fully saturated rings. The first-order chi connectivity index (χ1) is 11.2. The van der Waals surface area contributed by atoms with Crippen LogP contribution < -0.4 is 10.6 Å². The zero-order valence-corrected chi connectivity index (χ0v) is 14.1. The Morgan fingerprint density at radius 1 is 1.39 bits per heavy atom. The minimum Gasteiger partial charge on any atom is -0.376 e. The fourth-order valence-electron chi connectivity index (χ4n) is 2.58. The summed E-state index contributed by atoms with van der Waals surface area (Å²) in [5.74, 6) is 0. The van der Waals surface area contributed by atoms with E-state index in [0.717, 1.165) is 38.2 Å². The average Bonchev–Trinajstić information content (AvgIpc) is 3.20. The Hall–Kier alpha value is -1.92. The van der Waals surface area contributed by atoms with Crippen molar-refractivity contribution in [3.8, 4) is 0 Å². The van der Waals surface area contributed by atoms with Gasteiger partial charge in [-0.05, 0) is 37.5 Å². The summed E-state index contributed by atoms with van der Waals surface area (Å²) < 4.78 is 7.46. The summed E-state index contributed by atoms with van der Waals surface area (Å²) in [6, 6.07) is 8.47. The normalized spacial score (nSPS) is 17.2. The summed E-state index contributed by atoms with van der Waals surface area (Å²) in [6.07, 6.45) is 6.26. The fraction of sp³-hybridized carbons (Fsp3) is 0.412. The third kappa shape index (κ3) is 4.77. The van der Waals surface area contributed by atoms with Crippen LogP contribution in [0.3, 0.4) is 0 Å². The molecular weight excluding hydrogens is 308 g/mol. The van der Waals surface area contributed by atoms with Crippen molar-refractivity contribution in [2.75, 3.05) is 18.5 Å². The van der Waals surface area contributed by atoms with Crippen LogP contribution in [0.15, 0.2) is 36.7 Å². The van der Waals surface area contributed by atoms with Crippen LogP contribution in [0.4, 0.5) is 5.69 Å². The van der Waals surface area contributed by atoms with Gasteiger partial charge in [-0.3, -0.25) is 4.68 Å². The lowest BCUT2D eigenvalue weighted by molar-refractivity contribution is 0.114. The second kappa shape index (κ2) is 7.57. The number of hydrogen-bond donors (Lipinski definition) is 2. The molecule has 0 bridgehead atoms. The monoisotopic (exact) mass is 330 g/mol. The van der Waals surface area contributed by atoms with Gasteiger partial charge in [0.15, 0.2) is 5.11 Å². The Labute approximate surface area is 142 Å². The molecule has 2 heterocycles. The fourth-order valence-corrected chi connectivity index (χ4v) is 2.78. The molecule has 3 rings (SSSR count). The van der Waals surface area contributed by atoms with Crippen LogP contribution in [0.25, 0.3) is 0 Å². The van der Waals surface area contributed by atoms with Crippen molar-refractivity contribution in [2.45, 2.75) is 32.4 Å². The number of rotatable bonds is 5. The van der Waals surface area contributed by atoms with Gasteiger partial charge in [-0.2, -0.15) is 5.10 Å². The first-order valence-corrected chi connectivity index (χ1v) is 8.34. The molecule has 2 N–H and O–H groups in total. The van der Waals surface area contributed by atoms with Crippen LogP contribution in [0.2, 0.25) is 0 Å². The third-order valence-electron chi connectivity index (χ3n) is 3.87. The number of aromatic nitrogens is 2. The third-order valence-corrected chi connectivity index (χ3v) is 4.12. The molecular formula is C17H22N4OS. The van der Waals surface area contributed by atoms with E-state index < -0.39 is 0 Å². The number of nitrogens with one attached hydrogen (secondary N) is 2. The molecule has 0 spiro atoms. The summed E-state index contributed by atoms with van der Waals surface area (Å²) >= 11 is 5.31. The van der Waals surface area contributed by atoms with Gasteiger partial charge in [0.1, 0.15) is 0 Å². The Balaban J connectivity index is 1.48. The van der Waals surface area contributed by atoms with Gasteiger partial charge in [-0.25, -0.2) is 0 Å². The topological polar surface area (TPSA) is 51.1 Å². The zero-order valence-electron chi connectivity index (χ0n) is 13.3. The minimum atomic E-state index is 0.277. The second-order valence-electron chi connectivity index (χ2n) is 5.88. The van der Waals surface area contributed by atoms with Crippen LogP contribution in [0.5, 0.6) is 0 Å². The van der Waals surface area contributed by atoms with Crippen molar-refractivity contribution in [1.29, 1.82) is 0 Å². The second-order valence-corrected chi connectivity index (χ2v) is 6.29. The molecule has 1 aliphatic heterocycles. The van der Waals surface area contributed by atoms with E-state index in [9.17, 15) is 0 Å². The lowest BCUT2D eigenvalue weighted by atomic mass is 10.1. The smallest absolute Gasteiger partial charge is 0.170 e. The Bertz CT molecular complexity index is 647. The summed E-state index contributed by atoms with van der Waals surface area (Å²) in [7, 11) is 0. The highest BCUT2D eigenvalue weighted by molar-refractivity contribution is 7.80. The summed E-state index contributed by atoms with van der Waals surface area (Å²) in [4.78, 5) is 0. The maximum Gasteiger partial charge on any atom is 0.170 e. The van der Waals surface area contributed by atoms with E-state index in [-0.39, 0.29) is 6.10 Å². The molecule has 1 aromatic heterocycles. The standard InChI is InChI=1S/C17H22N4OS/c1-13-4-6-14(7-5-13)11-21-12-15(9-19-21)20-17(23)18-10-16-3-2-8-22-16/h4-7,9,12,16H,2-3,8,10-11H2,1H3,(H2,18,20,23). The molecule has 5 nitrogen and oxygen atoms in total. The molecule has 1 aliphatic rings. The van der Waals surface area contributed by atoms with Crippen molar-refractivity contribution in [3.05, 3.63) is 47.8 Å². The van der Waals surface area contributed by atoms with Crippen LogP contribution >= 0.6 is 12.2 Å². The van der Waals surface area contributed by atoms with E-state index in [1.165, 1.54) is 11.1 Å². The van der Waals surface area contributed by atoms with E-state index >= 15 is 0 Å². The van der Waals surface area contributed by atoms with E-state index in [4.69, 9.17) is 17.0 Å². The van der Waals surface area contributed by atoms with E-state index in [0.29, 0.717) is 5.11 Å². The first kappa shape index (κ1) is 16.0. The number of aryl methyl sites for hydroxylation is 1. The maximum atomic E-state index is 5.57. The molecule has 6 heteroatoms. The highest BCUT2D eigenvalue weighted by Crippen LogP contribution is 2.11. The van der Waals surface area contributed by atoms with Crippen LogP contribution in [-0.2, 0) is 11.3 Å². The van der Waals surface area contributed by atoms with Gasteiger partial charge in [-0.1, -0.05) is 29.8 Å². The lowest BCUT2D eigenvalue weighted by Gasteiger charge is -2.13. The number of ether oxygens (including phenoxy) is 1. The van der Waals surface area contributed by atoms with Gasteiger partial charge in [-0.15, -0.1) is 0 Å². The van der Waals surface area contributed by atoms with Gasteiger partial charge < -0.3 is 15.4 Å². The summed E-state index contributed by atoms with van der Waals surface area (Å²) in [5, 5.41) is 11.3. The number of nitrogens with zero attached hydrogens (tertiary/aromatic N) is 2. The highest BCUT2D eigenvalue weighted by atomic mass is 32.1. The molecule has 0 amide bonds. The quantitative estimate of drug-likeness (QED) is 0.826. The molecule has 0 radical (unpaired) electrons. The Kier molecular flexibility index (Phi) is 5.25. The van der Waals surface area contributed by atoms with Crippen LogP contribution in [-0.4, -0.2) is 34.1 Å². The number of benzene rings is 1. The van der Waals surface area contributed by atoms with Crippen molar-refractivity contribution < 1.29 is 4.74 Å². The van der Waals surface area contributed by atoms with Gasteiger partial charge in [0.25, 0.3) is 0 Å². The average molecular weight is 330 g/mol. The summed E-state index contributed by atoms with van der Waals surface area (Å²) in [6.45, 7) is 4.45. The molecule has 0 aliphatic carbocycles. The van der Waals surface area contributed by atoms with Gasteiger partial charge in [0.2, 0.25) is 0 Å². The summed E-state index contributed by atoms with van der Waals surface area (Å²) in [5.41, 5.74) is 3.38. The maximum absolute atomic E-state index is 5.57. The predicted molar refractivity (Wildman–Crippen MR) is 95.7 cm³/mol. The molecule has 2 aromatic rings. The largest absolute Gasteiger partial charge is 0.376 e. The Morgan fingerprint density at radius 2 is 2.22 bits per heavy atom. The van der Waals surface area contributed by atoms with Gasteiger partial charge in [0.05, 0.1) is 24.5 Å². The van der Waals surface area contributed by atoms with E-state index in [1.807, 2.05) is 10.9 Å². The molecule has 1 aromatic carbocycles. The molecule has 1 unspecified atom stereocenters. The number of hydrogen-bond acceptors (Lipinski definition) is 3. The van der Waals surface area contributed by atoms with Crippen molar-refractivity contribution in [3.63, 3.8) is 0 Å². The van der Waals surface area contributed by atoms with Crippen molar-refractivity contribution in [2.24, 2.45) is 0 Å². The van der Waals surface area contributed by atoms with Crippen molar-refractivity contribution in [1.82, 2.24) is 15.1 Å². The van der Waals surface area contributed by atoms with Crippen LogP contribution in [0, 0.1) is 6.92 Å². The van der Waals surface area contributed by atoms with Gasteiger partial charge >= 0.3 is 0 Å². The Morgan fingerprint density at radius 3 is 2.96 bits per heavy atom. The molecule has 122 valence electrons.